The van der Waals surface area contributed by atoms with Crippen LogP contribution in [0.15, 0.2) is 23.2 Å². The Morgan fingerprint density at radius 3 is 2.52 bits per heavy atom. The Labute approximate surface area is 135 Å². The van der Waals surface area contributed by atoms with Crippen molar-refractivity contribution < 1.29 is 4.52 Å². The molecular formula is C16H22N6O. The molecule has 2 atom stereocenters. The lowest BCUT2D eigenvalue weighted by atomic mass is 10.0. The second-order valence-electron chi connectivity index (χ2n) is 6.91. The molecule has 0 spiro atoms. The van der Waals surface area contributed by atoms with Crippen molar-refractivity contribution in [2.75, 3.05) is 31.1 Å². The van der Waals surface area contributed by atoms with Gasteiger partial charge in [-0.05, 0) is 17.8 Å². The Kier molecular flexibility index (Phi) is 3.72. The van der Waals surface area contributed by atoms with Crippen molar-refractivity contribution in [1.29, 1.82) is 0 Å². The summed E-state index contributed by atoms with van der Waals surface area (Å²) in [6.07, 6.45) is 3.16. The minimum Gasteiger partial charge on any atom is -0.356 e. The van der Waals surface area contributed by atoms with E-state index >= 15 is 0 Å². The number of rotatable bonds is 4. The van der Waals surface area contributed by atoms with Gasteiger partial charge in [-0.3, -0.25) is 4.90 Å². The molecule has 7 heteroatoms. The third-order valence-electron chi connectivity index (χ3n) is 4.92. The maximum Gasteiger partial charge on any atom is 0.240 e. The summed E-state index contributed by atoms with van der Waals surface area (Å²) in [5, 5.41) is 3.68. The molecular weight excluding hydrogens is 292 g/mol. The molecule has 2 aliphatic heterocycles. The summed E-state index contributed by atoms with van der Waals surface area (Å²) in [5.74, 6) is 3.59. The average molecular weight is 314 g/mol. The summed E-state index contributed by atoms with van der Waals surface area (Å²) in [6, 6.07) is 2.14. The predicted molar refractivity (Wildman–Crippen MR) is 84.9 cm³/mol. The normalized spacial score (nSPS) is 24.6. The first kappa shape index (κ1) is 14.6. The summed E-state index contributed by atoms with van der Waals surface area (Å²) in [6.45, 7) is 9.41. The zero-order chi connectivity index (χ0) is 15.8. The topological polar surface area (TPSA) is 71.2 Å². The van der Waals surface area contributed by atoms with E-state index in [1.807, 2.05) is 0 Å². The van der Waals surface area contributed by atoms with Crippen molar-refractivity contribution in [2.45, 2.75) is 26.3 Å². The van der Waals surface area contributed by atoms with Crippen molar-refractivity contribution in [2.24, 2.45) is 11.8 Å². The molecule has 2 fully saturated rings. The zero-order valence-corrected chi connectivity index (χ0v) is 13.6. The minimum absolute atomic E-state index is 0.434. The van der Waals surface area contributed by atoms with Crippen LogP contribution in [0.3, 0.4) is 0 Å². The molecule has 2 unspecified atom stereocenters. The molecule has 0 aliphatic carbocycles. The molecule has 122 valence electrons. The molecule has 4 rings (SSSR count). The summed E-state index contributed by atoms with van der Waals surface area (Å²) in [7, 11) is 0. The van der Waals surface area contributed by atoms with E-state index in [1.54, 1.807) is 6.33 Å². The van der Waals surface area contributed by atoms with Gasteiger partial charge in [0.05, 0.1) is 6.54 Å². The summed E-state index contributed by atoms with van der Waals surface area (Å²) in [4.78, 5) is 17.8. The molecule has 7 nitrogen and oxygen atoms in total. The SMILES string of the molecule is CC(C)c1cc(N2CC3CN(Cc4ncno4)CC3C2)ncn1. The van der Waals surface area contributed by atoms with Gasteiger partial charge in [0.25, 0.3) is 0 Å². The molecule has 4 heterocycles. The van der Waals surface area contributed by atoms with Gasteiger partial charge in [-0.2, -0.15) is 4.98 Å². The van der Waals surface area contributed by atoms with Crippen molar-refractivity contribution in [3.05, 3.63) is 30.3 Å². The average Bonchev–Trinajstić information content (AvgIpc) is 3.24. The molecule has 2 aromatic heterocycles. The second kappa shape index (κ2) is 5.88. The number of fused-ring (bicyclic) bond motifs is 1. The van der Waals surface area contributed by atoms with Gasteiger partial charge < -0.3 is 9.42 Å². The molecule has 2 aliphatic rings. The van der Waals surface area contributed by atoms with Gasteiger partial charge in [0.2, 0.25) is 5.89 Å². The van der Waals surface area contributed by atoms with E-state index in [2.05, 4.69) is 49.8 Å². The summed E-state index contributed by atoms with van der Waals surface area (Å²) in [5.41, 5.74) is 1.12. The van der Waals surface area contributed by atoms with E-state index in [0.717, 1.165) is 44.2 Å². The van der Waals surface area contributed by atoms with Gasteiger partial charge >= 0.3 is 0 Å². The van der Waals surface area contributed by atoms with Gasteiger partial charge in [0, 0.05) is 37.9 Å². The Balaban J connectivity index is 1.39. The van der Waals surface area contributed by atoms with Gasteiger partial charge in [-0.15, -0.1) is 0 Å². The molecule has 0 radical (unpaired) electrons. The standard InChI is InChI=1S/C16H22N6O/c1-11(2)14-3-15(18-9-17-14)22-6-12-4-21(5-13(12)7-22)8-16-19-10-20-23-16/h3,9-13H,4-8H2,1-2H3. The van der Waals surface area contributed by atoms with Crippen LogP contribution in [0, 0.1) is 11.8 Å². The van der Waals surface area contributed by atoms with Crippen molar-refractivity contribution in [1.82, 2.24) is 25.0 Å². The predicted octanol–water partition coefficient (Wildman–Crippen LogP) is 1.55. The van der Waals surface area contributed by atoms with E-state index in [4.69, 9.17) is 4.52 Å². The number of nitrogens with zero attached hydrogens (tertiary/aromatic N) is 6. The lowest BCUT2D eigenvalue weighted by Crippen LogP contribution is -2.29. The first-order valence-corrected chi connectivity index (χ1v) is 8.24. The highest BCUT2D eigenvalue weighted by molar-refractivity contribution is 5.41. The number of hydrogen-bond donors (Lipinski definition) is 0. The maximum atomic E-state index is 5.11. The van der Waals surface area contributed by atoms with E-state index in [1.165, 1.54) is 6.33 Å². The molecule has 0 aromatic carbocycles. The molecule has 0 bridgehead atoms. The lowest BCUT2D eigenvalue weighted by molar-refractivity contribution is 0.255. The number of likely N-dealkylation sites (tertiary alicyclic amines) is 1. The van der Waals surface area contributed by atoms with E-state index in [0.29, 0.717) is 23.6 Å². The van der Waals surface area contributed by atoms with Crippen LogP contribution in [-0.4, -0.2) is 51.2 Å². The molecule has 0 N–H and O–H groups in total. The monoisotopic (exact) mass is 314 g/mol. The minimum atomic E-state index is 0.434. The molecule has 0 amide bonds. The molecule has 2 aromatic rings. The van der Waals surface area contributed by atoms with Crippen LogP contribution in [0.5, 0.6) is 0 Å². The molecule has 0 saturated carbocycles. The number of hydrogen-bond acceptors (Lipinski definition) is 7. The van der Waals surface area contributed by atoms with Crippen LogP contribution in [0.4, 0.5) is 5.82 Å². The quantitative estimate of drug-likeness (QED) is 0.848. The van der Waals surface area contributed by atoms with Gasteiger partial charge in [-0.1, -0.05) is 19.0 Å². The molecule has 2 saturated heterocycles. The van der Waals surface area contributed by atoms with Gasteiger partial charge in [0.15, 0.2) is 6.33 Å². The fraction of sp³-hybridized carbons (Fsp3) is 0.625. The van der Waals surface area contributed by atoms with E-state index in [9.17, 15) is 0 Å². The van der Waals surface area contributed by atoms with Crippen molar-refractivity contribution in [3.63, 3.8) is 0 Å². The van der Waals surface area contributed by atoms with E-state index < -0.39 is 0 Å². The second-order valence-corrected chi connectivity index (χ2v) is 6.91. The fourth-order valence-corrected chi connectivity index (χ4v) is 3.71. The Morgan fingerprint density at radius 2 is 1.87 bits per heavy atom. The zero-order valence-electron chi connectivity index (χ0n) is 13.6. The van der Waals surface area contributed by atoms with Crippen LogP contribution in [0.1, 0.15) is 31.4 Å². The number of aromatic nitrogens is 4. The first-order valence-electron chi connectivity index (χ1n) is 8.24. The lowest BCUT2D eigenvalue weighted by Gasteiger charge is -2.22. The van der Waals surface area contributed by atoms with Crippen LogP contribution in [-0.2, 0) is 6.54 Å². The summed E-state index contributed by atoms with van der Waals surface area (Å²) >= 11 is 0. The smallest absolute Gasteiger partial charge is 0.240 e. The maximum absolute atomic E-state index is 5.11. The fourth-order valence-electron chi connectivity index (χ4n) is 3.71. The highest BCUT2D eigenvalue weighted by Gasteiger charge is 2.40. The van der Waals surface area contributed by atoms with Crippen molar-refractivity contribution in [3.8, 4) is 0 Å². The highest BCUT2D eigenvalue weighted by Crippen LogP contribution is 2.34. The van der Waals surface area contributed by atoms with Crippen molar-refractivity contribution >= 4 is 5.82 Å². The largest absolute Gasteiger partial charge is 0.356 e. The third kappa shape index (κ3) is 2.93. The van der Waals surface area contributed by atoms with Gasteiger partial charge in [-0.25, -0.2) is 9.97 Å². The van der Waals surface area contributed by atoms with Gasteiger partial charge in [0.1, 0.15) is 12.1 Å². The Bertz CT molecular complexity index is 644. The first-order chi connectivity index (χ1) is 11.2. The highest BCUT2D eigenvalue weighted by atomic mass is 16.5. The number of anilines is 1. The van der Waals surface area contributed by atoms with E-state index in [-0.39, 0.29) is 0 Å². The third-order valence-corrected chi connectivity index (χ3v) is 4.92. The van der Waals surface area contributed by atoms with Crippen LogP contribution in [0.25, 0.3) is 0 Å². The van der Waals surface area contributed by atoms with Crippen LogP contribution >= 0.6 is 0 Å². The van der Waals surface area contributed by atoms with Crippen LogP contribution < -0.4 is 4.90 Å². The molecule has 23 heavy (non-hydrogen) atoms. The Morgan fingerprint density at radius 1 is 1.09 bits per heavy atom. The van der Waals surface area contributed by atoms with Crippen LogP contribution in [0.2, 0.25) is 0 Å². The summed E-state index contributed by atoms with van der Waals surface area (Å²) < 4.78 is 5.11. The Hall–Kier alpha value is -2.02.